The van der Waals surface area contributed by atoms with Gasteiger partial charge in [-0.25, -0.2) is 0 Å². The van der Waals surface area contributed by atoms with E-state index in [1.165, 1.54) is 24.3 Å². The predicted molar refractivity (Wildman–Crippen MR) is 97.3 cm³/mol. The maximum Gasteiger partial charge on any atom is 0.573 e. The molecule has 0 aliphatic carbocycles. The molecule has 1 amide bonds. The zero-order valence-corrected chi connectivity index (χ0v) is 15.3. The van der Waals surface area contributed by atoms with Gasteiger partial charge in [-0.05, 0) is 42.8 Å². The maximum absolute atomic E-state index is 12.5. The summed E-state index contributed by atoms with van der Waals surface area (Å²) in [6, 6.07) is 12.8. The van der Waals surface area contributed by atoms with Crippen molar-refractivity contribution in [2.45, 2.75) is 25.6 Å². The highest BCUT2D eigenvalue weighted by Gasteiger charge is 2.35. The van der Waals surface area contributed by atoms with E-state index in [0.717, 1.165) is 11.3 Å². The largest absolute Gasteiger partial charge is 0.573 e. The molecule has 2 heterocycles. The number of carbonyl (C=O) groups is 1. The number of rotatable bonds is 4. The van der Waals surface area contributed by atoms with Gasteiger partial charge in [-0.2, -0.15) is 4.98 Å². The van der Waals surface area contributed by atoms with Crippen LogP contribution in [0.25, 0.3) is 11.4 Å². The number of alkyl halides is 3. The molecule has 4 rings (SSSR count). The molecule has 150 valence electrons. The van der Waals surface area contributed by atoms with E-state index in [1.54, 1.807) is 4.90 Å². The highest BCUT2D eigenvalue weighted by atomic mass is 19.4. The maximum atomic E-state index is 12.5. The van der Waals surface area contributed by atoms with Crippen LogP contribution in [0.3, 0.4) is 0 Å². The highest BCUT2D eigenvalue weighted by molar-refractivity contribution is 5.97. The van der Waals surface area contributed by atoms with Crippen molar-refractivity contribution in [3.05, 3.63) is 60.0 Å². The Labute approximate surface area is 163 Å². The number of hydrogen-bond donors (Lipinski definition) is 0. The molecule has 0 spiro atoms. The quantitative estimate of drug-likeness (QED) is 0.643. The van der Waals surface area contributed by atoms with Crippen molar-refractivity contribution in [2.75, 3.05) is 11.4 Å². The van der Waals surface area contributed by atoms with Crippen molar-refractivity contribution in [1.82, 2.24) is 10.1 Å². The van der Waals surface area contributed by atoms with E-state index < -0.39 is 6.36 Å². The number of para-hydroxylation sites is 1. The number of ether oxygens (including phenoxy) is 1. The third-order valence-corrected chi connectivity index (χ3v) is 4.67. The van der Waals surface area contributed by atoms with E-state index >= 15 is 0 Å². The van der Waals surface area contributed by atoms with Crippen LogP contribution in [0.4, 0.5) is 18.9 Å². The molecule has 1 aliphatic heterocycles. The number of nitrogens with zero attached hydrogens (tertiary/aromatic N) is 3. The smallest absolute Gasteiger partial charge is 0.406 e. The minimum absolute atomic E-state index is 0.0299. The molecule has 1 fully saturated rings. The minimum Gasteiger partial charge on any atom is -0.406 e. The van der Waals surface area contributed by atoms with E-state index in [-0.39, 0.29) is 29.8 Å². The molecule has 29 heavy (non-hydrogen) atoms. The summed E-state index contributed by atoms with van der Waals surface area (Å²) < 4.78 is 45.9. The molecule has 2 aromatic carbocycles. The molecule has 0 N–H and O–H groups in total. The zero-order valence-electron chi connectivity index (χ0n) is 15.3. The first-order valence-corrected chi connectivity index (χ1v) is 8.86. The van der Waals surface area contributed by atoms with Crippen molar-refractivity contribution in [2.24, 2.45) is 0 Å². The predicted octanol–water partition coefficient (Wildman–Crippen LogP) is 4.46. The van der Waals surface area contributed by atoms with E-state index in [0.29, 0.717) is 18.0 Å². The molecule has 0 radical (unpaired) electrons. The van der Waals surface area contributed by atoms with Crippen LogP contribution in [-0.4, -0.2) is 29.0 Å². The third kappa shape index (κ3) is 4.08. The van der Waals surface area contributed by atoms with Crippen LogP contribution in [-0.2, 0) is 4.79 Å². The topological polar surface area (TPSA) is 68.5 Å². The second-order valence-corrected chi connectivity index (χ2v) is 6.72. The van der Waals surface area contributed by atoms with Crippen molar-refractivity contribution < 1.29 is 27.2 Å². The van der Waals surface area contributed by atoms with Gasteiger partial charge < -0.3 is 14.2 Å². The van der Waals surface area contributed by atoms with Gasteiger partial charge in [0.15, 0.2) is 0 Å². The minimum atomic E-state index is -4.75. The fourth-order valence-corrected chi connectivity index (χ4v) is 3.30. The van der Waals surface area contributed by atoms with Crippen LogP contribution >= 0.6 is 0 Å². The van der Waals surface area contributed by atoms with Gasteiger partial charge in [-0.15, -0.1) is 13.2 Å². The molecule has 6 nitrogen and oxygen atoms in total. The van der Waals surface area contributed by atoms with Gasteiger partial charge in [-0.1, -0.05) is 23.4 Å². The fraction of sp³-hybridized carbons (Fsp3) is 0.250. The van der Waals surface area contributed by atoms with Crippen LogP contribution in [0.5, 0.6) is 5.75 Å². The number of hydrogen-bond acceptors (Lipinski definition) is 5. The average molecular weight is 403 g/mol. The van der Waals surface area contributed by atoms with Crippen LogP contribution in [0, 0.1) is 6.92 Å². The molecule has 1 saturated heterocycles. The Morgan fingerprint density at radius 3 is 2.55 bits per heavy atom. The van der Waals surface area contributed by atoms with E-state index in [9.17, 15) is 18.0 Å². The number of aryl methyl sites for hydroxylation is 1. The fourth-order valence-electron chi connectivity index (χ4n) is 3.30. The van der Waals surface area contributed by atoms with Gasteiger partial charge in [0.2, 0.25) is 17.6 Å². The van der Waals surface area contributed by atoms with Gasteiger partial charge >= 0.3 is 6.36 Å². The van der Waals surface area contributed by atoms with Gasteiger partial charge in [0.05, 0.1) is 5.92 Å². The lowest BCUT2D eigenvalue weighted by atomic mass is 10.1. The summed E-state index contributed by atoms with van der Waals surface area (Å²) >= 11 is 0. The Morgan fingerprint density at radius 1 is 1.14 bits per heavy atom. The van der Waals surface area contributed by atoms with Gasteiger partial charge in [0, 0.05) is 24.2 Å². The first-order valence-electron chi connectivity index (χ1n) is 8.86. The van der Waals surface area contributed by atoms with Gasteiger partial charge in [-0.3, -0.25) is 4.79 Å². The second kappa shape index (κ2) is 7.23. The number of halogens is 3. The molecule has 3 aromatic rings. The Hall–Kier alpha value is -3.36. The molecule has 0 bridgehead atoms. The Morgan fingerprint density at radius 2 is 1.86 bits per heavy atom. The molecule has 9 heteroatoms. The number of carbonyl (C=O) groups excluding carboxylic acids is 1. The Kier molecular flexibility index (Phi) is 4.73. The number of benzene rings is 2. The van der Waals surface area contributed by atoms with Crippen molar-refractivity contribution in [3.63, 3.8) is 0 Å². The van der Waals surface area contributed by atoms with Crippen LogP contribution in [0.2, 0.25) is 0 Å². The van der Waals surface area contributed by atoms with Crippen LogP contribution < -0.4 is 9.64 Å². The van der Waals surface area contributed by atoms with Crippen molar-refractivity contribution >= 4 is 11.6 Å². The summed E-state index contributed by atoms with van der Waals surface area (Å²) in [6.45, 7) is 2.36. The van der Waals surface area contributed by atoms with Crippen LogP contribution in [0.15, 0.2) is 53.1 Å². The van der Waals surface area contributed by atoms with E-state index in [2.05, 4.69) is 14.9 Å². The Balaban J connectivity index is 1.50. The van der Waals surface area contributed by atoms with Crippen molar-refractivity contribution in [1.29, 1.82) is 0 Å². The van der Waals surface area contributed by atoms with Crippen LogP contribution in [0.1, 0.15) is 23.8 Å². The van der Waals surface area contributed by atoms with E-state index in [4.69, 9.17) is 4.52 Å². The summed E-state index contributed by atoms with van der Waals surface area (Å²) in [6.07, 6.45) is -4.51. The lowest BCUT2D eigenvalue weighted by Crippen LogP contribution is -2.25. The normalized spacial score (nSPS) is 17.0. The average Bonchev–Trinajstić information content (AvgIpc) is 3.29. The molecular weight excluding hydrogens is 387 g/mol. The number of amides is 1. The lowest BCUT2D eigenvalue weighted by Gasteiger charge is -2.18. The van der Waals surface area contributed by atoms with E-state index in [1.807, 2.05) is 31.2 Å². The summed E-state index contributed by atoms with van der Waals surface area (Å²) in [4.78, 5) is 18.5. The molecule has 1 aliphatic rings. The van der Waals surface area contributed by atoms with Gasteiger partial charge in [0.1, 0.15) is 5.75 Å². The molecule has 1 aromatic heterocycles. The first kappa shape index (κ1) is 19.0. The zero-order chi connectivity index (χ0) is 20.6. The number of aromatic nitrogens is 2. The molecule has 1 atom stereocenters. The first-order chi connectivity index (χ1) is 13.8. The number of anilines is 1. The van der Waals surface area contributed by atoms with Gasteiger partial charge in [0.25, 0.3) is 0 Å². The monoisotopic (exact) mass is 403 g/mol. The summed E-state index contributed by atoms with van der Waals surface area (Å²) in [5.74, 6) is -0.0606. The summed E-state index contributed by atoms with van der Waals surface area (Å²) in [5.41, 5.74) is 2.32. The standard InChI is InChI=1S/C20H16F3N3O3/c1-12-4-2-3-5-16(12)26-11-14(10-17(26)27)19-24-18(25-29-19)13-6-8-15(9-7-13)28-20(21,22)23/h2-9,14H,10-11H2,1H3. The lowest BCUT2D eigenvalue weighted by molar-refractivity contribution is -0.274. The second-order valence-electron chi connectivity index (χ2n) is 6.72. The summed E-state index contributed by atoms with van der Waals surface area (Å²) in [5, 5.41) is 3.90. The van der Waals surface area contributed by atoms with Crippen molar-refractivity contribution in [3.8, 4) is 17.1 Å². The molecule has 1 unspecified atom stereocenters. The summed E-state index contributed by atoms with van der Waals surface area (Å²) in [7, 11) is 0. The SMILES string of the molecule is Cc1ccccc1N1CC(c2nc(-c3ccc(OC(F)(F)F)cc3)no2)CC1=O. The molecular formula is C20H16F3N3O3. The molecule has 0 saturated carbocycles. The highest BCUT2D eigenvalue weighted by Crippen LogP contribution is 2.33. The third-order valence-electron chi connectivity index (χ3n) is 4.67. The Bertz CT molecular complexity index is 1030.